The lowest BCUT2D eigenvalue weighted by atomic mass is 10.2. The molecule has 0 radical (unpaired) electrons. The monoisotopic (exact) mass is 201 g/mol. The summed E-state index contributed by atoms with van der Waals surface area (Å²) >= 11 is 5.75. The number of nitro groups is 1. The van der Waals surface area contributed by atoms with Crippen molar-refractivity contribution in [3.63, 3.8) is 0 Å². The van der Waals surface area contributed by atoms with Crippen molar-refractivity contribution in [2.45, 2.75) is 6.54 Å². The van der Waals surface area contributed by atoms with Crippen molar-refractivity contribution in [2.75, 3.05) is 0 Å². The quantitative estimate of drug-likeness (QED) is 0.438. The van der Waals surface area contributed by atoms with Gasteiger partial charge in [0.1, 0.15) is 0 Å². The Morgan fingerprint density at radius 2 is 2.31 bits per heavy atom. The Bertz CT molecular complexity index is 330. The Morgan fingerprint density at radius 3 is 2.77 bits per heavy atom. The van der Waals surface area contributed by atoms with Crippen molar-refractivity contribution in [3.8, 4) is 0 Å². The van der Waals surface area contributed by atoms with Crippen LogP contribution in [-0.4, -0.2) is 4.92 Å². The molecule has 1 rings (SSSR count). The average Bonchev–Trinajstić information content (AvgIpc) is 2.08. The van der Waals surface area contributed by atoms with E-state index in [-0.39, 0.29) is 5.69 Å². The van der Waals surface area contributed by atoms with Gasteiger partial charge in [-0.15, -0.1) is 0 Å². The van der Waals surface area contributed by atoms with Gasteiger partial charge in [0.2, 0.25) is 0 Å². The Kier molecular flexibility index (Phi) is 3.18. The van der Waals surface area contributed by atoms with Gasteiger partial charge in [-0.05, 0) is 11.6 Å². The predicted octanol–water partition coefficient (Wildman–Crippen LogP) is 1.21. The fourth-order valence-corrected chi connectivity index (χ4v) is 1.14. The van der Waals surface area contributed by atoms with E-state index in [2.05, 4.69) is 5.43 Å². The molecule has 0 saturated carbocycles. The predicted molar refractivity (Wildman–Crippen MR) is 49.1 cm³/mol. The number of nitrogens with zero attached hydrogens (tertiary/aromatic N) is 1. The topological polar surface area (TPSA) is 81.2 Å². The van der Waals surface area contributed by atoms with E-state index in [4.69, 9.17) is 17.4 Å². The molecule has 1 aromatic carbocycles. The van der Waals surface area contributed by atoms with Crippen molar-refractivity contribution in [2.24, 2.45) is 5.84 Å². The zero-order valence-corrected chi connectivity index (χ0v) is 7.41. The van der Waals surface area contributed by atoms with Gasteiger partial charge in [0.25, 0.3) is 5.69 Å². The minimum atomic E-state index is -0.495. The highest BCUT2D eigenvalue weighted by molar-refractivity contribution is 6.31. The summed E-state index contributed by atoms with van der Waals surface area (Å²) in [6, 6.07) is 4.26. The van der Waals surface area contributed by atoms with Crippen molar-refractivity contribution in [1.29, 1.82) is 0 Å². The van der Waals surface area contributed by atoms with E-state index >= 15 is 0 Å². The molecule has 0 heterocycles. The van der Waals surface area contributed by atoms with E-state index in [0.29, 0.717) is 11.6 Å². The molecule has 0 aliphatic rings. The molecule has 3 N–H and O–H groups in total. The van der Waals surface area contributed by atoms with E-state index in [1.165, 1.54) is 12.1 Å². The summed E-state index contributed by atoms with van der Waals surface area (Å²) in [6.45, 7) is 0.386. The highest BCUT2D eigenvalue weighted by atomic mass is 35.5. The molecule has 70 valence electrons. The third-order valence-electron chi connectivity index (χ3n) is 1.54. The van der Waals surface area contributed by atoms with Crippen LogP contribution in [0, 0.1) is 10.1 Å². The fourth-order valence-electron chi connectivity index (χ4n) is 0.903. The van der Waals surface area contributed by atoms with Crippen LogP contribution < -0.4 is 11.3 Å². The van der Waals surface area contributed by atoms with Crippen LogP contribution in [0.4, 0.5) is 5.69 Å². The van der Waals surface area contributed by atoms with Crippen molar-refractivity contribution in [3.05, 3.63) is 38.9 Å². The van der Waals surface area contributed by atoms with Crippen LogP contribution in [0.3, 0.4) is 0 Å². The summed E-state index contributed by atoms with van der Waals surface area (Å²) in [6.07, 6.45) is 0. The molecule has 6 heteroatoms. The van der Waals surface area contributed by atoms with Gasteiger partial charge < -0.3 is 0 Å². The van der Waals surface area contributed by atoms with Crippen LogP contribution >= 0.6 is 11.6 Å². The molecule has 0 aliphatic heterocycles. The van der Waals surface area contributed by atoms with E-state index in [1.807, 2.05) is 0 Å². The molecule has 0 spiro atoms. The highest BCUT2D eigenvalue weighted by Gasteiger charge is 2.08. The number of nitrogens with two attached hydrogens (primary N) is 1. The maximum atomic E-state index is 10.3. The number of hydrazine groups is 1. The molecule has 13 heavy (non-hydrogen) atoms. The number of nitrogens with one attached hydrogen (secondary N) is 1. The lowest BCUT2D eigenvalue weighted by Crippen LogP contribution is -2.20. The van der Waals surface area contributed by atoms with Gasteiger partial charge in [-0.25, -0.2) is 0 Å². The molecule has 0 bridgehead atoms. The van der Waals surface area contributed by atoms with Crippen molar-refractivity contribution < 1.29 is 4.92 Å². The SMILES string of the molecule is NNCc1ccc([N+](=O)[O-])cc1Cl. The number of nitro benzene ring substituents is 1. The lowest BCUT2D eigenvalue weighted by Gasteiger charge is -2.01. The molecule has 0 fully saturated rings. The molecule has 5 nitrogen and oxygen atoms in total. The maximum absolute atomic E-state index is 10.3. The summed E-state index contributed by atoms with van der Waals surface area (Å²) in [5, 5.41) is 10.7. The van der Waals surface area contributed by atoms with Crippen LogP contribution in [0.2, 0.25) is 5.02 Å². The summed E-state index contributed by atoms with van der Waals surface area (Å²) < 4.78 is 0. The highest BCUT2D eigenvalue weighted by Crippen LogP contribution is 2.21. The van der Waals surface area contributed by atoms with Gasteiger partial charge in [-0.3, -0.25) is 21.4 Å². The zero-order chi connectivity index (χ0) is 9.84. The largest absolute Gasteiger partial charge is 0.271 e. The summed E-state index contributed by atoms with van der Waals surface area (Å²) in [5.41, 5.74) is 3.13. The van der Waals surface area contributed by atoms with Gasteiger partial charge in [-0.2, -0.15) is 0 Å². The molecule has 1 aromatic rings. The molecule has 0 atom stereocenters. The number of benzene rings is 1. The molecule has 0 unspecified atom stereocenters. The minimum Gasteiger partial charge on any atom is -0.271 e. The van der Waals surface area contributed by atoms with Crippen LogP contribution in [-0.2, 0) is 6.54 Å². The first-order valence-corrected chi connectivity index (χ1v) is 3.89. The molecular formula is C7H8ClN3O2. The second-order valence-electron chi connectivity index (χ2n) is 2.41. The summed E-state index contributed by atoms with van der Waals surface area (Å²) in [5.74, 6) is 5.08. The number of hydrogen-bond acceptors (Lipinski definition) is 4. The maximum Gasteiger partial charge on any atom is 0.270 e. The Balaban J connectivity index is 2.98. The fraction of sp³-hybridized carbons (Fsp3) is 0.143. The summed E-state index contributed by atoms with van der Waals surface area (Å²) in [7, 11) is 0. The van der Waals surface area contributed by atoms with Gasteiger partial charge in [0.15, 0.2) is 0 Å². The molecular weight excluding hydrogens is 194 g/mol. The van der Waals surface area contributed by atoms with E-state index in [1.54, 1.807) is 6.07 Å². The first-order valence-electron chi connectivity index (χ1n) is 3.51. The van der Waals surface area contributed by atoms with Crippen molar-refractivity contribution >= 4 is 17.3 Å². The van der Waals surface area contributed by atoms with Gasteiger partial charge in [0, 0.05) is 18.7 Å². The van der Waals surface area contributed by atoms with Crippen LogP contribution in [0.15, 0.2) is 18.2 Å². The smallest absolute Gasteiger partial charge is 0.270 e. The van der Waals surface area contributed by atoms with Crippen LogP contribution in [0.25, 0.3) is 0 Å². The second kappa shape index (κ2) is 4.18. The third-order valence-corrected chi connectivity index (χ3v) is 1.89. The van der Waals surface area contributed by atoms with Crippen LogP contribution in [0.1, 0.15) is 5.56 Å². The Morgan fingerprint density at radius 1 is 1.62 bits per heavy atom. The average molecular weight is 202 g/mol. The molecule has 0 saturated heterocycles. The zero-order valence-electron chi connectivity index (χ0n) is 6.66. The van der Waals surface area contributed by atoms with Crippen molar-refractivity contribution in [1.82, 2.24) is 5.43 Å². The minimum absolute atomic E-state index is 0.0224. The van der Waals surface area contributed by atoms with Crippen LogP contribution in [0.5, 0.6) is 0 Å². The standard InChI is InChI=1S/C7H8ClN3O2/c8-7-3-6(11(12)13)2-1-5(7)4-10-9/h1-3,10H,4,9H2. The second-order valence-corrected chi connectivity index (χ2v) is 2.82. The molecule has 0 amide bonds. The Hall–Kier alpha value is -1.17. The summed E-state index contributed by atoms with van der Waals surface area (Å²) in [4.78, 5) is 9.83. The first-order chi connectivity index (χ1) is 6.15. The van der Waals surface area contributed by atoms with Gasteiger partial charge >= 0.3 is 0 Å². The molecule has 0 aromatic heterocycles. The Labute approximate surface area is 79.6 Å². The normalized spacial score (nSPS) is 10.0. The number of halogens is 1. The number of hydrogen-bond donors (Lipinski definition) is 2. The lowest BCUT2D eigenvalue weighted by molar-refractivity contribution is -0.384. The third kappa shape index (κ3) is 2.38. The van der Waals surface area contributed by atoms with E-state index in [9.17, 15) is 10.1 Å². The number of rotatable bonds is 3. The van der Waals surface area contributed by atoms with E-state index < -0.39 is 4.92 Å². The van der Waals surface area contributed by atoms with Gasteiger partial charge in [-0.1, -0.05) is 11.6 Å². The number of non-ortho nitro benzene ring substituents is 1. The van der Waals surface area contributed by atoms with E-state index in [0.717, 1.165) is 5.56 Å². The van der Waals surface area contributed by atoms with Gasteiger partial charge in [0.05, 0.1) is 9.95 Å². The first kappa shape index (κ1) is 9.91. The molecule has 0 aliphatic carbocycles.